The Balaban J connectivity index is 2.12. The lowest BCUT2D eigenvalue weighted by molar-refractivity contribution is 0.0949. The second-order valence-corrected chi connectivity index (χ2v) is 4.34. The van der Waals surface area contributed by atoms with Crippen molar-refractivity contribution >= 4 is 23.2 Å². The SMILES string of the molecule is CCNC(=O)c1ccc(Oc2ccc(Cl)cc2N)nn1. The molecule has 0 spiro atoms. The lowest BCUT2D eigenvalue weighted by Crippen LogP contribution is -2.23. The Bertz CT molecular complexity index is 616. The number of aromatic nitrogens is 2. The fraction of sp³-hybridized carbons (Fsp3) is 0.154. The van der Waals surface area contributed by atoms with Crippen LogP contribution in [-0.4, -0.2) is 22.6 Å². The molecule has 1 aromatic carbocycles. The number of halogens is 1. The smallest absolute Gasteiger partial charge is 0.271 e. The number of carbonyl (C=O) groups excluding carboxylic acids is 1. The van der Waals surface area contributed by atoms with Crippen molar-refractivity contribution < 1.29 is 9.53 Å². The van der Waals surface area contributed by atoms with Gasteiger partial charge in [0.25, 0.3) is 5.91 Å². The minimum Gasteiger partial charge on any atom is -0.435 e. The van der Waals surface area contributed by atoms with Crippen molar-refractivity contribution in [2.24, 2.45) is 0 Å². The molecule has 0 radical (unpaired) electrons. The Morgan fingerprint density at radius 2 is 2.15 bits per heavy atom. The molecule has 0 atom stereocenters. The van der Waals surface area contributed by atoms with Crippen LogP contribution in [0.1, 0.15) is 17.4 Å². The van der Waals surface area contributed by atoms with Gasteiger partial charge in [-0.15, -0.1) is 10.2 Å². The van der Waals surface area contributed by atoms with Crippen molar-refractivity contribution in [1.82, 2.24) is 15.5 Å². The van der Waals surface area contributed by atoms with E-state index in [-0.39, 0.29) is 17.5 Å². The van der Waals surface area contributed by atoms with Gasteiger partial charge < -0.3 is 15.8 Å². The molecule has 2 rings (SSSR count). The van der Waals surface area contributed by atoms with Gasteiger partial charge in [0.2, 0.25) is 5.88 Å². The van der Waals surface area contributed by atoms with E-state index in [0.717, 1.165) is 0 Å². The zero-order chi connectivity index (χ0) is 14.5. The number of nitrogens with one attached hydrogen (secondary N) is 1. The fourth-order valence-corrected chi connectivity index (χ4v) is 1.65. The first kappa shape index (κ1) is 14.1. The molecule has 0 unspecified atom stereocenters. The third-order valence-electron chi connectivity index (χ3n) is 2.40. The molecular weight excluding hydrogens is 280 g/mol. The summed E-state index contributed by atoms with van der Waals surface area (Å²) >= 11 is 5.80. The van der Waals surface area contributed by atoms with Crippen molar-refractivity contribution in [3.8, 4) is 11.6 Å². The first-order chi connectivity index (χ1) is 9.60. The molecule has 0 aliphatic carbocycles. The van der Waals surface area contributed by atoms with E-state index in [4.69, 9.17) is 22.1 Å². The topological polar surface area (TPSA) is 90.1 Å². The lowest BCUT2D eigenvalue weighted by atomic mass is 10.3. The monoisotopic (exact) mass is 292 g/mol. The largest absolute Gasteiger partial charge is 0.435 e. The van der Waals surface area contributed by atoms with Gasteiger partial charge in [-0.3, -0.25) is 4.79 Å². The minimum atomic E-state index is -0.280. The molecule has 6 nitrogen and oxygen atoms in total. The van der Waals surface area contributed by atoms with Crippen LogP contribution in [0.25, 0.3) is 0 Å². The van der Waals surface area contributed by atoms with Crippen LogP contribution in [0, 0.1) is 0 Å². The molecule has 1 amide bonds. The molecule has 1 aromatic heterocycles. The molecule has 20 heavy (non-hydrogen) atoms. The highest BCUT2D eigenvalue weighted by Crippen LogP contribution is 2.28. The molecule has 3 N–H and O–H groups in total. The second-order valence-electron chi connectivity index (χ2n) is 3.90. The number of anilines is 1. The number of hydrogen-bond acceptors (Lipinski definition) is 5. The Hall–Kier alpha value is -2.34. The normalized spacial score (nSPS) is 10.1. The zero-order valence-electron chi connectivity index (χ0n) is 10.8. The Morgan fingerprint density at radius 3 is 2.75 bits per heavy atom. The van der Waals surface area contributed by atoms with Crippen molar-refractivity contribution in [1.29, 1.82) is 0 Å². The van der Waals surface area contributed by atoms with Crippen LogP contribution < -0.4 is 15.8 Å². The molecule has 0 fully saturated rings. The van der Waals surface area contributed by atoms with Gasteiger partial charge in [-0.2, -0.15) is 0 Å². The van der Waals surface area contributed by atoms with E-state index in [0.29, 0.717) is 23.0 Å². The van der Waals surface area contributed by atoms with E-state index < -0.39 is 0 Å². The first-order valence-corrected chi connectivity index (χ1v) is 6.32. The van der Waals surface area contributed by atoms with Gasteiger partial charge in [0, 0.05) is 17.6 Å². The summed E-state index contributed by atoms with van der Waals surface area (Å²) in [5, 5.41) is 10.8. The quantitative estimate of drug-likeness (QED) is 0.844. The molecule has 0 aliphatic rings. The summed E-state index contributed by atoms with van der Waals surface area (Å²) < 4.78 is 5.47. The molecule has 0 bridgehead atoms. The number of hydrogen-bond donors (Lipinski definition) is 2. The summed E-state index contributed by atoms with van der Waals surface area (Å²) in [6.07, 6.45) is 0. The maximum absolute atomic E-state index is 11.5. The van der Waals surface area contributed by atoms with Gasteiger partial charge in [0.1, 0.15) is 0 Å². The maximum Gasteiger partial charge on any atom is 0.271 e. The van der Waals surface area contributed by atoms with Crippen LogP contribution in [-0.2, 0) is 0 Å². The van der Waals surface area contributed by atoms with Gasteiger partial charge in [0.05, 0.1) is 5.69 Å². The predicted molar refractivity (Wildman–Crippen MR) is 76.0 cm³/mol. The number of benzene rings is 1. The fourth-order valence-electron chi connectivity index (χ4n) is 1.47. The predicted octanol–water partition coefficient (Wildman–Crippen LogP) is 2.25. The summed E-state index contributed by atoms with van der Waals surface area (Å²) in [4.78, 5) is 11.5. The van der Waals surface area contributed by atoms with E-state index in [2.05, 4.69) is 15.5 Å². The molecule has 1 heterocycles. The van der Waals surface area contributed by atoms with Crippen LogP contribution >= 0.6 is 11.6 Å². The molecule has 0 saturated heterocycles. The van der Waals surface area contributed by atoms with Crippen LogP contribution in [0.3, 0.4) is 0 Å². The highest BCUT2D eigenvalue weighted by molar-refractivity contribution is 6.30. The number of ether oxygens (including phenoxy) is 1. The Labute approximate surface area is 120 Å². The number of amides is 1. The number of rotatable bonds is 4. The second kappa shape index (κ2) is 6.21. The highest BCUT2D eigenvalue weighted by atomic mass is 35.5. The summed E-state index contributed by atoms with van der Waals surface area (Å²) in [6, 6.07) is 7.94. The van der Waals surface area contributed by atoms with E-state index in [1.165, 1.54) is 6.07 Å². The number of nitrogens with zero attached hydrogens (tertiary/aromatic N) is 2. The molecule has 2 aromatic rings. The molecular formula is C13H13ClN4O2. The number of nitrogen functional groups attached to an aromatic ring is 1. The average molecular weight is 293 g/mol. The van der Waals surface area contributed by atoms with Crippen LogP contribution in [0.2, 0.25) is 5.02 Å². The summed E-state index contributed by atoms with van der Waals surface area (Å²) in [5.74, 6) is 0.388. The van der Waals surface area contributed by atoms with Gasteiger partial charge in [-0.05, 0) is 31.2 Å². The van der Waals surface area contributed by atoms with E-state index in [1.54, 1.807) is 24.3 Å². The minimum absolute atomic E-state index is 0.225. The number of nitrogens with two attached hydrogens (primary N) is 1. The number of carbonyl (C=O) groups is 1. The standard InChI is InChI=1S/C13H13ClN4O2/c1-2-16-13(19)10-4-6-12(18-17-10)20-11-5-3-8(14)7-9(11)15/h3-7H,2,15H2,1H3,(H,16,19). The van der Waals surface area contributed by atoms with E-state index in [1.807, 2.05) is 6.92 Å². The van der Waals surface area contributed by atoms with Crippen molar-refractivity contribution in [2.75, 3.05) is 12.3 Å². The third kappa shape index (κ3) is 3.36. The molecule has 7 heteroatoms. The summed E-state index contributed by atoms with van der Waals surface area (Å²) in [5.41, 5.74) is 6.39. The van der Waals surface area contributed by atoms with Crippen LogP contribution in [0.5, 0.6) is 11.6 Å². The third-order valence-corrected chi connectivity index (χ3v) is 2.63. The Morgan fingerprint density at radius 1 is 1.35 bits per heavy atom. The summed E-state index contributed by atoms with van der Waals surface area (Å²) in [7, 11) is 0. The lowest BCUT2D eigenvalue weighted by Gasteiger charge is -2.07. The van der Waals surface area contributed by atoms with Crippen molar-refractivity contribution in [2.45, 2.75) is 6.92 Å². The first-order valence-electron chi connectivity index (χ1n) is 5.95. The van der Waals surface area contributed by atoms with Gasteiger partial charge in [0.15, 0.2) is 11.4 Å². The molecule has 104 valence electrons. The van der Waals surface area contributed by atoms with Crippen LogP contribution in [0.4, 0.5) is 5.69 Å². The zero-order valence-corrected chi connectivity index (χ0v) is 11.5. The molecule has 0 saturated carbocycles. The summed E-state index contributed by atoms with van der Waals surface area (Å²) in [6.45, 7) is 2.35. The van der Waals surface area contributed by atoms with Gasteiger partial charge in [-0.1, -0.05) is 11.6 Å². The Kier molecular flexibility index (Phi) is 4.37. The average Bonchev–Trinajstić information content (AvgIpc) is 2.43. The van der Waals surface area contributed by atoms with Crippen molar-refractivity contribution in [3.63, 3.8) is 0 Å². The van der Waals surface area contributed by atoms with Gasteiger partial charge in [-0.25, -0.2) is 0 Å². The molecule has 0 aliphatic heterocycles. The van der Waals surface area contributed by atoms with Crippen LogP contribution in [0.15, 0.2) is 30.3 Å². The van der Waals surface area contributed by atoms with Crippen molar-refractivity contribution in [3.05, 3.63) is 41.0 Å². The maximum atomic E-state index is 11.5. The van der Waals surface area contributed by atoms with E-state index in [9.17, 15) is 4.79 Å². The van der Waals surface area contributed by atoms with E-state index >= 15 is 0 Å². The van der Waals surface area contributed by atoms with Gasteiger partial charge >= 0.3 is 0 Å². The highest BCUT2D eigenvalue weighted by Gasteiger charge is 2.08.